The molecular formula is C25H26ClN5O3. The van der Waals surface area contributed by atoms with Gasteiger partial charge >= 0.3 is 5.69 Å². The van der Waals surface area contributed by atoms with E-state index in [0.717, 1.165) is 23.5 Å². The van der Waals surface area contributed by atoms with Gasteiger partial charge < -0.3 is 14.2 Å². The molecule has 1 aliphatic heterocycles. The van der Waals surface area contributed by atoms with E-state index in [2.05, 4.69) is 11.8 Å². The van der Waals surface area contributed by atoms with Crippen LogP contribution in [0.3, 0.4) is 0 Å². The van der Waals surface area contributed by atoms with E-state index >= 15 is 0 Å². The second kappa shape index (κ2) is 8.68. The van der Waals surface area contributed by atoms with Gasteiger partial charge in [-0.05, 0) is 54.8 Å². The van der Waals surface area contributed by atoms with Crippen molar-refractivity contribution in [1.29, 1.82) is 0 Å². The minimum atomic E-state index is -0.409. The van der Waals surface area contributed by atoms with Gasteiger partial charge in [-0.2, -0.15) is 4.98 Å². The second-order valence-electron chi connectivity index (χ2n) is 8.70. The number of hydrogen-bond acceptors (Lipinski definition) is 5. The van der Waals surface area contributed by atoms with Crippen LogP contribution in [0.2, 0.25) is 5.02 Å². The Morgan fingerprint density at radius 3 is 2.59 bits per heavy atom. The summed E-state index contributed by atoms with van der Waals surface area (Å²) >= 11 is 6.11. The van der Waals surface area contributed by atoms with Gasteiger partial charge in [0.2, 0.25) is 5.95 Å². The maximum absolute atomic E-state index is 13.6. The Bertz CT molecular complexity index is 1490. The second-order valence-corrected chi connectivity index (χ2v) is 9.14. The summed E-state index contributed by atoms with van der Waals surface area (Å²) in [5.74, 6) is 1.73. The Hall–Kier alpha value is -3.52. The first-order chi connectivity index (χ1) is 16.4. The Morgan fingerprint density at radius 2 is 1.88 bits per heavy atom. The first-order valence-corrected chi connectivity index (χ1v) is 11.7. The quantitative estimate of drug-likeness (QED) is 0.435. The van der Waals surface area contributed by atoms with Crippen LogP contribution in [-0.2, 0) is 20.1 Å². The summed E-state index contributed by atoms with van der Waals surface area (Å²) in [6.07, 6.45) is 0. The number of benzene rings is 2. The van der Waals surface area contributed by atoms with Gasteiger partial charge in [0.05, 0.1) is 13.2 Å². The van der Waals surface area contributed by atoms with Crippen LogP contribution in [0.15, 0.2) is 58.1 Å². The van der Waals surface area contributed by atoms with Gasteiger partial charge in [-0.1, -0.05) is 30.7 Å². The zero-order valence-electron chi connectivity index (χ0n) is 19.4. The molecule has 3 heterocycles. The van der Waals surface area contributed by atoms with Gasteiger partial charge in [-0.3, -0.25) is 13.9 Å². The number of anilines is 2. The third-order valence-electron chi connectivity index (χ3n) is 6.13. The molecule has 0 amide bonds. The highest BCUT2D eigenvalue weighted by Crippen LogP contribution is 2.33. The molecule has 0 unspecified atom stereocenters. The Morgan fingerprint density at radius 1 is 1.12 bits per heavy atom. The molecule has 1 aliphatic rings. The third-order valence-corrected chi connectivity index (χ3v) is 6.37. The first kappa shape index (κ1) is 22.3. The van der Waals surface area contributed by atoms with E-state index in [9.17, 15) is 9.59 Å². The lowest BCUT2D eigenvalue weighted by atomic mass is 10.1. The van der Waals surface area contributed by atoms with Crippen molar-refractivity contribution in [2.45, 2.75) is 26.9 Å². The topological polar surface area (TPSA) is 74.3 Å². The monoisotopic (exact) mass is 479 g/mol. The molecule has 0 saturated carbocycles. The normalized spacial score (nSPS) is 15.5. The van der Waals surface area contributed by atoms with Crippen molar-refractivity contribution in [3.63, 3.8) is 0 Å². The number of aryl methyl sites for hydroxylation is 1. The zero-order valence-corrected chi connectivity index (χ0v) is 20.1. The maximum Gasteiger partial charge on any atom is 0.332 e. The predicted octanol–water partition coefficient (Wildman–Crippen LogP) is 3.78. The molecule has 9 heteroatoms. The fourth-order valence-electron chi connectivity index (χ4n) is 4.57. The van der Waals surface area contributed by atoms with E-state index in [4.69, 9.17) is 21.3 Å². The summed E-state index contributed by atoms with van der Waals surface area (Å²) in [6.45, 7) is 6.23. The molecule has 0 N–H and O–H groups in total. The third kappa shape index (κ3) is 3.77. The number of ether oxygens (including phenoxy) is 1. The van der Waals surface area contributed by atoms with Gasteiger partial charge in [-0.15, -0.1) is 0 Å². The van der Waals surface area contributed by atoms with Crippen LogP contribution in [0.1, 0.15) is 19.4 Å². The van der Waals surface area contributed by atoms with Gasteiger partial charge in [0.15, 0.2) is 11.2 Å². The fraction of sp³-hybridized carbons (Fsp3) is 0.320. The van der Waals surface area contributed by atoms with E-state index in [0.29, 0.717) is 35.3 Å². The smallest absolute Gasteiger partial charge is 0.332 e. The lowest BCUT2D eigenvalue weighted by Gasteiger charge is -2.33. The van der Waals surface area contributed by atoms with Crippen molar-refractivity contribution in [1.82, 2.24) is 18.7 Å². The van der Waals surface area contributed by atoms with Crippen molar-refractivity contribution < 1.29 is 4.74 Å². The Balaban J connectivity index is 1.66. The largest absolute Gasteiger partial charge is 0.494 e. The minimum absolute atomic E-state index is 0.140. The van der Waals surface area contributed by atoms with Crippen LogP contribution < -0.4 is 20.9 Å². The zero-order chi connectivity index (χ0) is 24.0. The molecule has 176 valence electrons. The van der Waals surface area contributed by atoms with E-state index in [1.54, 1.807) is 19.2 Å². The fourth-order valence-corrected chi connectivity index (χ4v) is 4.78. The highest BCUT2D eigenvalue weighted by Gasteiger charge is 2.30. The van der Waals surface area contributed by atoms with Gasteiger partial charge in [0.25, 0.3) is 5.56 Å². The first-order valence-electron chi connectivity index (χ1n) is 11.3. The van der Waals surface area contributed by atoms with Gasteiger partial charge in [-0.25, -0.2) is 4.79 Å². The summed E-state index contributed by atoms with van der Waals surface area (Å²) in [5, 5.41) is 0.560. The van der Waals surface area contributed by atoms with Crippen molar-refractivity contribution in [3.05, 3.63) is 80.0 Å². The van der Waals surface area contributed by atoms with Gasteiger partial charge in [0, 0.05) is 30.8 Å². The van der Waals surface area contributed by atoms with Crippen LogP contribution in [-0.4, -0.2) is 31.8 Å². The lowest BCUT2D eigenvalue weighted by molar-refractivity contribution is 0.340. The van der Waals surface area contributed by atoms with E-state index in [-0.39, 0.29) is 18.0 Å². The molecule has 4 aromatic rings. The van der Waals surface area contributed by atoms with Crippen LogP contribution in [0, 0.1) is 5.92 Å². The molecule has 0 fully saturated rings. The van der Waals surface area contributed by atoms with Crippen molar-refractivity contribution in [2.75, 3.05) is 18.1 Å². The molecule has 2 aromatic heterocycles. The van der Waals surface area contributed by atoms with Crippen molar-refractivity contribution in [3.8, 4) is 5.75 Å². The average Bonchev–Trinajstić information content (AvgIpc) is 3.20. The number of fused-ring (bicyclic) bond motifs is 3. The number of rotatable bonds is 5. The molecule has 8 nitrogen and oxygen atoms in total. The van der Waals surface area contributed by atoms with Crippen molar-refractivity contribution >= 4 is 34.4 Å². The lowest BCUT2D eigenvalue weighted by Crippen LogP contribution is -2.40. The molecule has 0 spiro atoms. The number of halogens is 1. The molecule has 34 heavy (non-hydrogen) atoms. The molecule has 0 saturated heterocycles. The molecule has 0 aliphatic carbocycles. The molecular weight excluding hydrogens is 454 g/mol. The Labute approximate surface area is 201 Å². The summed E-state index contributed by atoms with van der Waals surface area (Å²) in [7, 11) is 1.65. The number of imidazole rings is 1. The van der Waals surface area contributed by atoms with Crippen LogP contribution >= 0.6 is 11.6 Å². The predicted molar refractivity (Wildman–Crippen MR) is 134 cm³/mol. The van der Waals surface area contributed by atoms with Gasteiger partial charge in [0.1, 0.15) is 5.75 Å². The highest BCUT2D eigenvalue weighted by molar-refractivity contribution is 6.30. The van der Waals surface area contributed by atoms with Crippen molar-refractivity contribution in [2.24, 2.45) is 13.0 Å². The summed E-state index contributed by atoms with van der Waals surface area (Å²) in [5.41, 5.74) is 1.80. The maximum atomic E-state index is 13.6. The van der Waals surface area contributed by atoms with E-state index < -0.39 is 5.69 Å². The van der Waals surface area contributed by atoms with E-state index in [1.165, 1.54) is 9.13 Å². The number of aromatic nitrogens is 4. The molecule has 0 radical (unpaired) electrons. The molecule has 1 atom stereocenters. The summed E-state index contributed by atoms with van der Waals surface area (Å²) in [6, 6.07) is 15.0. The highest BCUT2D eigenvalue weighted by atomic mass is 35.5. The number of hydrogen-bond donors (Lipinski definition) is 0. The Kier molecular flexibility index (Phi) is 5.69. The van der Waals surface area contributed by atoms with Crippen LogP contribution in [0.25, 0.3) is 11.2 Å². The standard InChI is InChI=1S/C25H26ClN5O3/c1-4-34-20-10-8-19(9-11-20)29-13-16(2)14-30-21-22(27-24(29)30)28(3)25(33)31(23(21)32)15-17-6-5-7-18(26)12-17/h5-12,16H,4,13-15H2,1-3H3/t16-/m1/s1. The molecule has 2 aromatic carbocycles. The average molecular weight is 480 g/mol. The van der Waals surface area contributed by atoms with E-state index in [1.807, 2.05) is 47.9 Å². The SMILES string of the molecule is CCOc1ccc(N2C[C@@H](C)Cn3c2nc2c3c(=O)n(Cc3cccc(Cl)c3)c(=O)n2C)cc1. The number of nitrogens with zero attached hydrogens (tertiary/aromatic N) is 5. The minimum Gasteiger partial charge on any atom is -0.494 e. The molecule has 0 bridgehead atoms. The molecule has 5 rings (SSSR count). The van der Waals surface area contributed by atoms with Crippen LogP contribution in [0.4, 0.5) is 11.6 Å². The summed E-state index contributed by atoms with van der Waals surface area (Å²) < 4.78 is 10.2. The summed E-state index contributed by atoms with van der Waals surface area (Å²) in [4.78, 5) is 33.6. The van der Waals surface area contributed by atoms with Crippen LogP contribution in [0.5, 0.6) is 5.75 Å².